The summed E-state index contributed by atoms with van der Waals surface area (Å²) in [7, 11) is -4.03. The molecule has 0 aliphatic rings. The van der Waals surface area contributed by atoms with Gasteiger partial charge in [-0.3, -0.25) is 0 Å². The maximum Gasteiger partial charge on any atom is 0.200 e. The average Bonchev–Trinajstić information content (AvgIpc) is 3.12. The van der Waals surface area contributed by atoms with E-state index in [1.165, 1.54) is 0 Å². The normalized spacial score (nSPS) is 11.9. The van der Waals surface area contributed by atoms with Crippen molar-refractivity contribution in [3.05, 3.63) is 75.6 Å². The van der Waals surface area contributed by atoms with Crippen molar-refractivity contribution < 1.29 is 57.1 Å². The third-order valence-electron chi connectivity index (χ3n) is 4.59. The Morgan fingerprint density at radius 2 is 0.531 bits per heavy atom. The molecule has 32 heavy (non-hydrogen) atoms. The molecule has 0 bridgehead atoms. The van der Waals surface area contributed by atoms with Crippen LogP contribution in [0.2, 0.25) is 0 Å². The minimum absolute atomic E-state index is 1.78. The molecule has 0 aliphatic heterocycles. The first-order valence-corrected chi connectivity index (χ1v) is 9.22. The molecule has 0 radical (unpaired) electrons. The van der Waals surface area contributed by atoms with Crippen molar-refractivity contribution in [3.63, 3.8) is 0 Å². The van der Waals surface area contributed by atoms with Gasteiger partial charge in [0.1, 0.15) is 0 Å². The van der Waals surface area contributed by atoms with Gasteiger partial charge < -0.3 is 0 Å². The maximum absolute atomic E-state index is 14.5. The van der Waals surface area contributed by atoms with Crippen LogP contribution >= 0.6 is 7.53 Å². The van der Waals surface area contributed by atoms with Crippen LogP contribution in [-0.4, -0.2) is 0 Å². The highest BCUT2D eigenvalue weighted by atomic mass is 31.1. The molecular formula is C18F13P. The summed E-state index contributed by atoms with van der Waals surface area (Å²) in [6, 6.07) is 0. The third kappa shape index (κ3) is 2.54. The van der Waals surface area contributed by atoms with Gasteiger partial charge in [-0.25, -0.2) is 57.1 Å². The fourth-order valence-corrected chi connectivity index (χ4v) is 5.96. The summed E-state index contributed by atoms with van der Waals surface area (Å²) in [4.78, 5) is 0. The topological polar surface area (TPSA) is 0 Å². The number of benzene rings is 3. The second-order valence-electron chi connectivity index (χ2n) is 6.21. The van der Waals surface area contributed by atoms with Crippen LogP contribution in [0.25, 0.3) is 26.3 Å². The average molecular weight is 494 g/mol. The number of fused-ring (bicyclic) bond motifs is 3. The highest BCUT2D eigenvalue weighted by Crippen LogP contribution is 2.60. The van der Waals surface area contributed by atoms with Gasteiger partial charge in [0, 0.05) is 21.0 Å². The first-order chi connectivity index (χ1) is 14.8. The smallest absolute Gasteiger partial charge is 0.200 e. The van der Waals surface area contributed by atoms with E-state index in [0.29, 0.717) is 0 Å². The number of hydrogen-bond acceptors (Lipinski definition) is 0. The highest BCUT2D eigenvalue weighted by Gasteiger charge is 2.37. The van der Waals surface area contributed by atoms with Gasteiger partial charge in [0.25, 0.3) is 0 Å². The van der Waals surface area contributed by atoms with Crippen LogP contribution < -0.4 is 0 Å². The molecule has 0 atom stereocenters. The van der Waals surface area contributed by atoms with E-state index < -0.39 is 109 Å². The molecule has 0 aliphatic carbocycles. The Labute approximate surface area is 167 Å². The van der Waals surface area contributed by atoms with Crippen LogP contribution in [-0.2, 0) is 0 Å². The third-order valence-corrected chi connectivity index (χ3v) is 7.17. The van der Waals surface area contributed by atoms with E-state index in [9.17, 15) is 57.1 Å². The molecule has 0 spiro atoms. The summed E-state index contributed by atoms with van der Waals surface area (Å²) >= 11 is 0. The monoisotopic (exact) mass is 494 g/mol. The van der Waals surface area contributed by atoms with E-state index in [1.807, 2.05) is 0 Å². The van der Waals surface area contributed by atoms with Crippen LogP contribution in [0.5, 0.6) is 0 Å². The zero-order valence-electron chi connectivity index (χ0n) is 14.4. The summed E-state index contributed by atoms with van der Waals surface area (Å²) in [5.74, 6) is -34.2. The first-order valence-electron chi connectivity index (χ1n) is 7.88. The lowest BCUT2D eigenvalue weighted by Gasteiger charge is -2.11. The van der Waals surface area contributed by atoms with Crippen LogP contribution in [0.1, 0.15) is 0 Å². The maximum atomic E-state index is 14.5. The molecule has 168 valence electrons. The molecule has 4 aromatic rings. The van der Waals surface area contributed by atoms with Gasteiger partial charge in [-0.05, 0) is 0 Å². The van der Waals surface area contributed by atoms with Gasteiger partial charge >= 0.3 is 0 Å². The fourth-order valence-electron chi connectivity index (χ4n) is 3.24. The molecule has 14 heteroatoms. The lowest BCUT2D eigenvalue weighted by atomic mass is 10.1. The summed E-state index contributed by atoms with van der Waals surface area (Å²) in [5, 5.41) is -9.27. The van der Waals surface area contributed by atoms with Gasteiger partial charge in [-0.1, -0.05) is 7.53 Å². The molecule has 3 aromatic carbocycles. The van der Waals surface area contributed by atoms with Crippen LogP contribution in [0.3, 0.4) is 0 Å². The largest absolute Gasteiger partial charge is 0.203 e. The molecule has 0 fully saturated rings. The Morgan fingerprint density at radius 3 is 0.875 bits per heavy atom. The Balaban J connectivity index is 2.50. The molecule has 4 rings (SSSR count). The fraction of sp³-hybridized carbons (Fsp3) is 0. The van der Waals surface area contributed by atoms with Crippen molar-refractivity contribution >= 4 is 28.5 Å². The van der Waals surface area contributed by atoms with Gasteiger partial charge in [0.2, 0.25) is 5.82 Å². The van der Waals surface area contributed by atoms with Crippen LogP contribution in [0.15, 0.2) is 0 Å². The van der Waals surface area contributed by atoms with Crippen molar-refractivity contribution in [1.29, 1.82) is 0 Å². The lowest BCUT2D eigenvalue weighted by molar-refractivity contribution is 0.383. The molecule has 0 nitrogen and oxygen atoms in total. The van der Waals surface area contributed by atoms with Crippen LogP contribution in [0, 0.1) is 75.6 Å². The number of hydrogen-bond donors (Lipinski definition) is 0. The van der Waals surface area contributed by atoms with E-state index in [4.69, 9.17) is 0 Å². The van der Waals surface area contributed by atoms with Crippen molar-refractivity contribution in [1.82, 2.24) is 0 Å². The summed E-state index contributed by atoms with van der Waals surface area (Å²) in [5.41, 5.74) is 0. The second-order valence-corrected chi connectivity index (χ2v) is 8.23. The summed E-state index contributed by atoms with van der Waals surface area (Å²) in [6.07, 6.45) is 0. The van der Waals surface area contributed by atoms with Gasteiger partial charge in [-0.2, -0.15) is 0 Å². The molecular weight excluding hydrogens is 494 g/mol. The Bertz CT molecular complexity index is 1400. The predicted octanol–water partition coefficient (Wildman–Crippen LogP) is 7.78. The van der Waals surface area contributed by atoms with Gasteiger partial charge in [-0.15, -0.1) is 0 Å². The number of rotatable bonds is 1. The molecule has 0 saturated heterocycles. The quantitative estimate of drug-likeness (QED) is 0.144. The first kappa shape index (κ1) is 22.3. The lowest BCUT2D eigenvalue weighted by Crippen LogP contribution is -2.02. The second kappa shape index (κ2) is 7.03. The van der Waals surface area contributed by atoms with Crippen molar-refractivity contribution in [2.75, 3.05) is 0 Å². The Morgan fingerprint density at radius 1 is 0.281 bits per heavy atom. The molecule has 0 N–H and O–H groups in total. The molecule has 0 saturated carbocycles. The molecule has 0 unspecified atom stereocenters. The van der Waals surface area contributed by atoms with Crippen molar-refractivity contribution in [3.8, 4) is 5.30 Å². The van der Waals surface area contributed by atoms with E-state index in [2.05, 4.69) is 0 Å². The summed E-state index contributed by atoms with van der Waals surface area (Å²) < 4.78 is 183. The van der Waals surface area contributed by atoms with E-state index in [-0.39, 0.29) is 0 Å². The van der Waals surface area contributed by atoms with Crippen molar-refractivity contribution in [2.24, 2.45) is 0 Å². The van der Waals surface area contributed by atoms with Crippen molar-refractivity contribution in [2.45, 2.75) is 0 Å². The highest BCUT2D eigenvalue weighted by molar-refractivity contribution is 7.68. The van der Waals surface area contributed by atoms with E-state index >= 15 is 0 Å². The predicted molar refractivity (Wildman–Crippen MR) is 85.0 cm³/mol. The van der Waals surface area contributed by atoms with E-state index in [0.717, 1.165) is 0 Å². The van der Waals surface area contributed by atoms with Gasteiger partial charge in [0.05, 0.1) is 5.30 Å². The minimum Gasteiger partial charge on any atom is -0.203 e. The van der Waals surface area contributed by atoms with Gasteiger partial charge in [0.15, 0.2) is 69.8 Å². The SMILES string of the molecule is Fc1c(F)c(F)c(-p2c3c(F)c(F)c(F)c(F)c3c3c(F)c(F)c(F)c(F)c32)c(F)c1F. The molecule has 1 aromatic heterocycles. The minimum atomic E-state index is -4.03. The number of halogens is 13. The zero-order valence-corrected chi connectivity index (χ0v) is 15.3. The standard InChI is InChI=1S/C18F13P/c19-3-1-2-4(20)6(22)9(25)13(29)17(2)32(16(1)12(28)8(24)5(3)21)18-14(30)10(26)7(23)11(27)15(18)31. The van der Waals surface area contributed by atoms with E-state index in [1.54, 1.807) is 0 Å². The molecule has 0 amide bonds. The Hall–Kier alpha value is -2.95. The Kier molecular flexibility index (Phi) is 4.89. The molecule has 1 heterocycles. The summed E-state index contributed by atoms with van der Waals surface area (Å²) in [6.45, 7) is 0. The zero-order chi connectivity index (χ0) is 24.0. The van der Waals surface area contributed by atoms with Crippen LogP contribution in [0.4, 0.5) is 57.1 Å².